The number of hydrogen-bond acceptors (Lipinski definition) is 4. The van der Waals surface area contributed by atoms with Gasteiger partial charge in [0.1, 0.15) is 0 Å². The summed E-state index contributed by atoms with van der Waals surface area (Å²) in [6, 6.07) is 0.249. The molecule has 0 heterocycles. The van der Waals surface area contributed by atoms with Crippen LogP contribution in [0.5, 0.6) is 0 Å². The van der Waals surface area contributed by atoms with Crippen LogP contribution in [0.2, 0.25) is 0 Å². The Bertz CT molecular complexity index is 161. The van der Waals surface area contributed by atoms with Gasteiger partial charge in [-0.1, -0.05) is 6.92 Å². The van der Waals surface area contributed by atoms with Crippen molar-refractivity contribution in [2.24, 2.45) is 0 Å². The largest absolute Gasteiger partial charge is 0.468 e. The molecule has 0 aromatic heterocycles. The zero-order valence-corrected chi connectivity index (χ0v) is 9.58. The van der Waals surface area contributed by atoms with E-state index in [0.29, 0.717) is 13.2 Å². The monoisotopic (exact) mass is 203 g/mol. The van der Waals surface area contributed by atoms with Gasteiger partial charge < -0.3 is 9.47 Å². The van der Waals surface area contributed by atoms with Crippen molar-refractivity contribution >= 4 is 5.97 Å². The van der Waals surface area contributed by atoms with Crippen LogP contribution in [0.4, 0.5) is 0 Å². The van der Waals surface area contributed by atoms with Crippen LogP contribution in [0.15, 0.2) is 0 Å². The minimum atomic E-state index is -0.193. The van der Waals surface area contributed by atoms with Crippen LogP contribution in [-0.2, 0) is 14.3 Å². The molecule has 14 heavy (non-hydrogen) atoms. The van der Waals surface area contributed by atoms with Gasteiger partial charge >= 0.3 is 5.97 Å². The van der Waals surface area contributed by atoms with E-state index in [1.54, 1.807) is 7.11 Å². The highest BCUT2D eigenvalue weighted by Crippen LogP contribution is 2.01. The first kappa shape index (κ1) is 13.4. The van der Waals surface area contributed by atoms with E-state index >= 15 is 0 Å². The number of carbonyl (C=O) groups is 1. The number of methoxy groups -OCH3 is 2. The second-order valence-electron chi connectivity index (χ2n) is 3.35. The molecule has 4 nitrogen and oxygen atoms in total. The maximum Gasteiger partial charge on any atom is 0.319 e. The first-order chi connectivity index (χ1) is 6.65. The number of rotatable bonds is 7. The molecule has 4 heteroatoms. The smallest absolute Gasteiger partial charge is 0.319 e. The lowest BCUT2D eigenvalue weighted by Gasteiger charge is -2.26. The summed E-state index contributed by atoms with van der Waals surface area (Å²) in [5.74, 6) is -0.193. The van der Waals surface area contributed by atoms with E-state index < -0.39 is 0 Å². The summed E-state index contributed by atoms with van der Waals surface area (Å²) in [5, 5.41) is 0. The second-order valence-corrected chi connectivity index (χ2v) is 3.35. The highest BCUT2D eigenvalue weighted by Gasteiger charge is 2.16. The minimum Gasteiger partial charge on any atom is -0.468 e. The van der Waals surface area contributed by atoms with Gasteiger partial charge in [0.15, 0.2) is 0 Å². The fourth-order valence-electron chi connectivity index (χ4n) is 1.32. The summed E-state index contributed by atoms with van der Waals surface area (Å²) < 4.78 is 9.69. The molecule has 0 aromatic rings. The van der Waals surface area contributed by atoms with Gasteiger partial charge in [-0.25, -0.2) is 0 Å². The van der Waals surface area contributed by atoms with Crippen molar-refractivity contribution in [1.82, 2.24) is 4.90 Å². The molecular weight excluding hydrogens is 182 g/mol. The molecule has 0 spiro atoms. The average molecular weight is 203 g/mol. The first-order valence-corrected chi connectivity index (χ1v) is 4.95. The fraction of sp³-hybridized carbons (Fsp3) is 0.900. The van der Waals surface area contributed by atoms with Crippen LogP contribution >= 0.6 is 0 Å². The number of esters is 1. The lowest BCUT2D eigenvalue weighted by Crippen LogP contribution is -2.40. The summed E-state index contributed by atoms with van der Waals surface area (Å²) >= 11 is 0. The minimum absolute atomic E-state index is 0.193. The second kappa shape index (κ2) is 7.76. The van der Waals surface area contributed by atoms with Gasteiger partial charge in [0.2, 0.25) is 0 Å². The first-order valence-electron chi connectivity index (χ1n) is 4.95. The van der Waals surface area contributed by atoms with E-state index in [2.05, 4.69) is 16.6 Å². The topological polar surface area (TPSA) is 38.8 Å². The van der Waals surface area contributed by atoms with Gasteiger partial charge in [0.05, 0.1) is 20.3 Å². The standard InChI is InChI=1S/C10H21NO3/c1-5-6-11(7-10(12)14-4)9(2)8-13-3/h9H,5-8H2,1-4H3. The molecule has 84 valence electrons. The SMILES string of the molecule is CCCN(CC(=O)OC)C(C)COC. The van der Waals surface area contributed by atoms with Crippen LogP contribution in [0.25, 0.3) is 0 Å². The molecule has 0 rings (SSSR count). The Morgan fingerprint density at radius 2 is 2.07 bits per heavy atom. The van der Waals surface area contributed by atoms with E-state index in [1.807, 2.05) is 6.92 Å². The molecule has 0 radical (unpaired) electrons. The Balaban J connectivity index is 4.05. The molecule has 0 saturated heterocycles. The molecule has 1 atom stereocenters. The Hall–Kier alpha value is -0.610. The highest BCUT2D eigenvalue weighted by molar-refractivity contribution is 5.71. The van der Waals surface area contributed by atoms with Crippen LogP contribution in [0.1, 0.15) is 20.3 Å². The van der Waals surface area contributed by atoms with Crippen molar-refractivity contribution < 1.29 is 14.3 Å². The lowest BCUT2D eigenvalue weighted by molar-refractivity contribution is -0.142. The summed E-state index contributed by atoms with van der Waals surface area (Å²) in [6.45, 7) is 6.00. The molecule has 0 aliphatic rings. The molecule has 0 aliphatic heterocycles. The van der Waals surface area contributed by atoms with E-state index in [1.165, 1.54) is 7.11 Å². The Morgan fingerprint density at radius 3 is 2.50 bits per heavy atom. The molecule has 0 aliphatic carbocycles. The molecule has 0 fully saturated rings. The van der Waals surface area contributed by atoms with Gasteiger partial charge in [0, 0.05) is 13.2 Å². The molecule has 0 aromatic carbocycles. The predicted molar refractivity (Wildman–Crippen MR) is 55.2 cm³/mol. The lowest BCUT2D eigenvalue weighted by atomic mass is 10.2. The molecule has 0 bridgehead atoms. The van der Waals surface area contributed by atoms with E-state index in [9.17, 15) is 4.79 Å². The molecule has 0 N–H and O–H groups in total. The fourth-order valence-corrected chi connectivity index (χ4v) is 1.32. The van der Waals surface area contributed by atoms with Crippen molar-refractivity contribution in [1.29, 1.82) is 0 Å². The average Bonchev–Trinajstić information content (AvgIpc) is 2.17. The van der Waals surface area contributed by atoms with Crippen molar-refractivity contribution in [3.05, 3.63) is 0 Å². The van der Waals surface area contributed by atoms with Gasteiger partial charge in [-0.15, -0.1) is 0 Å². The highest BCUT2D eigenvalue weighted by atomic mass is 16.5. The van der Waals surface area contributed by atoms with E-state index in [0.717, 1.165) is 13.0 Å². The molecular formula is C10H21NO3. The van der Waals surface area contributed by atoms with Gasteiger partial charge in [-0.05, 0) is 19.9 Å². The van der Waals surface area contributed by atoms with Gasteiger partial charge in [0.25, 0.3) is 0 Å². The van der Waals surface area contributed by atoms with Crippen molar-refractivity contribution in [3.63, 3.8) is 0 Å². The maximum absolute atomic E-state index is 11.1. The Labute approximate surface area is 86.2 Å². The third kappa shape index (κ3) is 5.19. The van der Waals surface area contributed by atoms with Crippen LogP contribution < -0.4 is 0 Å². The quantitative estimate of drug-likeness (QED) is 0.576. The summed E-state index contributed by atoms with van der Waals surface area (Å²) in [5.41, 5.74) is 0. The third-order valence-electron chi connectivity index (χ3n) is 2.10. The predicted octanol–water partition coefficient (Wildman–Crippen LogP) is 0.906. The summed E-state index contributed by atoms with van der Waals surface area (Å²) in [4.78, 5) is 13.2. The van der Waals surface area contributed by atoms with Crippen molar-refractivity contribution in [2.45, 2.75) is 26.3 Å². The van der Waals surface area contributed by atoms with Gasteiger partial charge in [-0.2, -0.15) is 0 Å². The van der Waals surface area contributed by atoms with E-state index in [-0.39, 0.29) is 12.0 Å². The van der Waals surface area contributed by atoms with E-state index in [4.69, 9.17) is 4.74 Å². The van der Waals surface area contributed by atoms with Crippen molar-refractivity contribution in [2.75, 3.05) is 33.9 Å². The molecule has 0 amide bonds. The number of carbonyl (C=O) groups excluding carboxylic acids is 1. The Morgan fingerprint density at radius 1 is 1.43 bits per heavy atom. The van der Waals surface area contributed by atoms with Crippen LogP contribution in [0.3, 0.4) is 0 Å². The molecule has 1 unspecified atom stereocenters. The van der Waals surface area contributed by atoms with Crippen molar-refractivity contribution in [3.8, 4) is 0 Å². The normalized spacial score (nSPS) is 12.9. The van der Waals surface area contributed by atoms with Gasteiger partial charge in [-0.3, -0.25) is 9.69 Å². The Kier molecular flexibility index (Phi) is 7.42. The van der Waals surface area contributed by atoms with Crippen LogP contribution in [-0.4, -0.2) is 50.8 Å². The van der Waals surface area contributed by atoms with Crippen LogP contribution in [0, 0.1) is 0 Å². The number of nitrogens with zero attached hydrogens (tertiary/aromatic N) is 1. The zero-order chi connectivity index (χ0) is 11.0. The summed E-state index contributed by atoms with van der Waals surface area (Å²) in [6.07, 6.45) is 1.02. The third-order valence-corrected chi connectivity index (χ3v) is 2.10. The number of ether oxygens (including phenoxy) is 2. The molecule has 0 saturated carbocycles. The summed E-state index contributed by atoms with van der Waals surface area (Å²) in [7, 11) is 3.08. The number of hydrogen-bond donors (Lipinski definition) is 0. The maximum atomic E-state index is 11.1. The zero-order valence-electron chi connectivity index (χ0n) is 9.58.